The second-order valence-corrected chi connectivity index (χ2v) is 7.86. The minimum absolute atomic E-state index is 0.670. The van der Waals surface area contributed by atoms with Gasteiger partial charge in [0.2, 0.25) is 0 Å². The topological polar surface area (TPSA) is 60.0 Å². The van der Waals surface area contributed by atoms with Crippen LogP contribution in [0.15, 0.2) is 70.3 Å². The minimum Gasteiger partial charge on any atom is -0.372 e. The molecule has 4 rings (SSSR count). The van der Waals surface area contributed by atoms with Gasteiger partial charge >= 0.3 is 0 Å². The van der Waals surface area contributed by atoms with Crippen molar-refractivity contribution >= 4 is 17.4 Å². The molecule has 154 valence electrons. The standard InChI is InChI=1S/C23H25N5OS/c1-4-27(5-2)20-13-11-18(12-14-20)22-24-25-23(28(22)21-9-7-6-8-10-21)30-16-19-15-17(3)29-26-19/h6-15H,4-5,16H2,1-3H3. The Labute approximate surface area is 180 Å². The molecule has 30 heavy (non-hydrogen) atoms. The third kappa shape index (κ3) is 4.26. The van der Waals surface area contributed by atoms with Crippen LogP contribution in [0.2, 0.25) is 0 Å². The molecule has 0 atom stereocenters. The normalized spacial score (nSPS) is 11.0. The lowest BCUT2D eigenvalue weighted by Gasteiger charge is -2.21. The van der Waals surface area contributed by atoms with Crippen molar-refractivity contribution in [1.29, 1.82) is 0 Å². The fourth-order valence-electron chi connectivity index (χ4n) is 3.39. The van der Waals surface area contributed by atoms with Crippen LogP contribution in [0, 0.1) is 6.92 Å². The summed E-state index contributed by atoms with van der Waals surface area (Å²) >= 11 is 1.60. The molecule has 0 radical (unpaired) electrons. The number of thioether (sulfide) groups is 1. The van der Waals surface area contributed by atoms with E-state index in [1.165, 1.54) is 5.69 Å². The number of para-hydroxylation sites is 1. The van der Waals surface area contributed by atoms with Crippen LogP contribution in [0.4, 0.5) is 5.69 Å². The van der Waals surface area contributed by atoms with Crippen LogP contribution in [0.5, 0.6) is 0 Å². The lowest BCUT2D eigenvalue weighted by molar-refractivity contribution is 0.393. The molecule has 0 fully saturated rings. The molecule has 0 spiro atoms. The Morgan fingerprint density at radius 2 is 1.70 bits per heavy atom. The Morgan fingerprint density at radius 1 is 0.967 bits per heavy atom. The zero-order chi connectivity index (χ0) is 20.9. The number of nitrogens with zero attached hydrogens (tertiary/aromatic N) is 5. The molecule has 2 aromatic heterocycles. The fourth-order valence-corrected chi connectivity index (χ4v) is 4.23. The Hall–Kier alpha value is -3.06. The maximum atomic E-state index is 5.18. The Morgan fingerprint density at radius 3 is 2.33 bits per heavy atom. The van der Waals surface area contributed by atoms with Crippen molar-refractivity contribution in [3.05, 3.63) is 72.1 Å². The molecule has 0 aliphatic heterocycles. The van der Waals surface area contributed by atoms with Crippen LogP contribution < -0.4 is 4.90 Å². The highest BCUT2D eigenvalue weighted by Crippen LogP contribution is 2.30. The van der Waals surface area contributed by atoms with Gasteiger partial charge in [0.25, 0.3) is 0 Å². The van der Waals surface area contributed by atoms with E-state index in [2.05, 4.69) is 75.1 Å². The zero-order valence-corrected chi connectivity index (χ0v) is 18.3. The van der Waals surface area contributed by atoms with Gasteiger partial charge in [0.05, 0.1) is 5.69 Å². The van der Waals surface area contributed by atoms with Gasteiger partial charge in [-0.25, -0.2) is 0 Å². The first-order valence-electron chi connectivity index (χ1n) is 10.1. The summed E-state index contributed by atoms with van der Waals surface area (Å²) in [6, 6.07) is 20.7. The van der Waals surface area contributed by atoms with Gasteiger partial charge in [0, 0.05) is 41.8 Å². The molecule has 6 nitrogen and oxygen atoms in total. The number of benzene rings is 2. The maximum absolute atomic E-state index is 5.18. The summed E-state index contributed by atoms with van der Waals surface area (Å²) in [5, 5.41) is 13.9. The predicted molar refractivity (Wildman–Crippen MR) is 121 cm³/mol. The van der Waals surface area contributed by atoms with E-state index >= 15 is 0 Å². The van der Waals surface area contributed by atoms with Crippen molar-refractivity contribution in [3.63, 3.8) is 0 Å². The predicted octanol–water partition coefficient (Wildman–Crippen LogP) is 5.37. The largest absolute Gasteiger partial charge is 0.372 e. The van der Waals surface area contributed by atoms with E-state index in [1.807, 2.05) is 31.2 Å². The van der Waals surface area contributed by atoms with E-state index in [4.69, 9.17) is 4.52 Å². The van der Waals surface area contributed by atoms with Crippen molar-refractivity contribution in [3.8, 4) is 17.1 Å². The lowest BCUT2D eigenvalue weighted by atomic mass is 10.1. The summed E-state index contributed by atoms with van der Waals surface area (Å²) in [5.74, 6) is 2.30. The van der Waals surface area contributed by atoms with E-state index in [0.717, 1.165) is 46.8 Å². The number of anilines is 1. The van der Waals surface area contributed by atoms with Crippen LogP contribution in [0.25, 0.3) is 17.1 Å². The highest BCUT2D eigenvalue weighted by atomic mass is 32.2. The highest BCUT2D eigenvalue weighted by Gasteiger charge is 2.17. The average molecular weight is 420 g/mol. The molecule has 0 unspecified atom stereocenters. The molecule has 0 saturated heterocycles. The van der Waals surface area contributed by atoms with Crippen molar-refractivity contribution in [2.75, 3.05) is 18.0 Å². The third-order valence-corrected chi connectivity index (χ3v) is 5.89. The minimum atomic E-state index is 0.670. The van der Waals surface area contributed by atoms with Crippen LogP contribution >= 0.6 is 11.8 Å². The van der Waals surface area contributed by atoms with Gasteiger partial charge in [-0.15, -0.1) is 10.2 Å². The third-order valence-electron chi connectivity index (χ3n) is 4.93. The van der Waals surface area contributed by atoms with E-state index in [0.29, 0.717) is 5.75 Å². The number of rotatable bonds is 8. The fraction of sp³-hybridized carbons (Fsp3) is 0.261. The molecule has 2 heterocycles. The molecule has 0 bridgehead atoms. The van der Waals surface area contributed by atoms with Gasteiger partial charge in [-0.2, -0.15) is 0 Å². The molecule has 2 aromatic carbocycles. The maximum Gasteiger partial charge on any atom is 0.196 e. The quantitative estimate of drug-likeness (QED) is 0.358. The number of aromatic nitrogens is 4. The first kappa shape index (κ1) is 20.2. The van der Waals surface area contributed by atoms with Crippen LogP contribution in [0.1, 0.15) is 25.3 Å². The van der Waals surface area contributed by atoms with Gasteiger partial charge in [0.15, 0.2) is 11.0 Å². The van der Waals surface area contributed by atoms with E-state index in [-0.39, 0.29) is 0 Å². The summed E-state index contributed by atoms with van der Waals surface area (Å²) in [4.78, 5) is 2.33. The van der Waals surface area contributed by atoms with Crippen molar-refractivity contribution < 1.29 is 4.52 Å². The molecule has 7 heteroatoms. The molecular weight excluding hydrogens is 394 g/mol. The summed E-state index contributed by atoms with van der Waals surface area (Å²) < 4.78 is 7.28. The highest BCUT2D eigenvalue weighted by molar-refractivity contribution is 7.98. The average Bonchev–Trinajstić information content (AvgIpc) is 3.40. The Kier molecular flexibility index (Phi) is 6.18. The summed E-state index contributed by atoms with van der Waals surface area (Å²) in [6.45, 7) is 8.21. The number of aryl methyl sites for hydroxylation is 1. The molecule has 0 saturated carbocycles. The van der Waals surface area contributed by atoms with Gasteiger partial charge in [-0.3, -0.25) is 4.57 Å². The Bertz CT molecular complexity index is 1080. The van der Waals surface area contributed by atoms with Gasteiger partial charge in [0.1, 0.15) is 5.76 Å². The first-order valence-corrected chi connectivity index (χ1v) is 11.1. The zero-order valence-electron chi connectivity index (χ0n) is 17.4. The molecular formula is C23H25N5OS. The first-order chi connectivity index (χ1) is 14.7. The molecule has 0 aliphatic carbocycles. The van der Waals surface area contributed by atoms with Crippen molar-refractivity contribution in [1.82, 2.24) is 19.9 Å². The molecule has 0 aliphatic rings. The summed E-state index contributed by atoms with van der Waals surface area (Å²) in [7, 11) is 0. The van der Waals surface area contributed by atoms with E-state index in [9.17, 15) is 0 Å². The van der Waals surface area contributed by atoms with Gasteiger partial charge in [-0.05, 0) is 57.2 Å². The van der Waals surface area contributed by atoms with Crippen molar-refractivity contribution in [2.24, 2.45) is 0 Å². The molecule has 0 amide bonds. The number of hydrogen-bond donors (Lipinski definition) is 0. The number of hydrogen-bond acceptors (Lipinski definition) is 6. The summed E-state index contributed by atoms with van der Waals surface area (Å²) in [5.41, 5.74) is 4.17. The Balaban J connectivity index is 1.68. The van der Waals surface area contributed by atoms with Crippen LogP contribution in [-0.2, 0) is 5.75 Å². The SMILES string of the molecule is CCN(CC)c1ccc(-c2nnc(SCc3cc(C)on3)n2-c2ccccc2)cc1. The van der Waals surface area contributed by atoms with Crippen LogP contribution in [-0.4, -0.2) is 33.0 Å². The monoisotopic (exact) mass is 419 g/mol. The van der Waals surface area contributed by atoms with Crippen molar-refractivity contribution in [2.45, 2.75) is 31.7 Å². The van der Waals surface area contributed by atoms with Crippen LogP contribution in [0.3, 0.4) is 0 Å². The van der Waals surface area contributed by atoms with Gasteiger partial charge in [-0.1, -0.05) is 35.1 Å². The van der Waals surface area contributed by atoms with Gasteiger partial charge < -0.3 is 9.42 Å². The summed E-state index contributed by atoms with van der Waals surface area (Å²) in [6.07, 6.45) is 0. The second kappa shape index (κ2) is 9.17. The second-order valence-electron chi connectivity index (χ2n) is 6.91. The van der Waals surface area contributed by atoms with E-state index < -0.39 is 0 Å². The van der Waals surface area contributed by atoms with E-state index in [1.54, 1.807) is 11.8 Å². The lowest BCUT2D eigenvalue weighted by Crippen LogP contribution is -2.21. The smallest absolute Gasteiger partial charge is 0.196 e. The molecule has 0 N–H and O–H groups in total. The molecule has 4 aromatic rings.